The van der Waals surface area contributed by atoms with Crippen LogP contribution >= 0.6 is 11.6 Å². The van der Waals surface area contributed by atoms with Gasteiger partial charge in [-0.05, 0) is 67.3 Å². The number of rotatable bonds is 5. The maximum Gasteiger partial charge on any atom is 0.264 e. The van der Waals surface area contributed by atoms with Crippen LogP contribution < -0.4 is 16.0 Å². The number of nitrogen functional groups attached to an aromatic ring is 1. The second kappa shape index (κ2) is 9.56. The third-order valence-electron chi connectivity index (χ3n) is 7.02. The largest absolute Gasteiger partial charge is 0.496 e. The molecule has 0 saturated heterocycles. The Hall–Kier alpha value is -4.69. The second-order valence-corrected chi connectivity index (χ2v) is 9.77. The number of methoxy groups -OCH3 is 1. The fourth-order valence-electron chi connectivity index (χ4n) is 5.11. The average molecular weight is 537 g/mol. The SMILES string of the molecule is COc1ccc(-c2nn([C@@H](C)c3cc4cccc(Cl)c4c(=O)n3-c3ccccc3)c3ncnc(N)c23)cc1C. The molecule has 0 aliphatic rings. The number of aryl methyl sites for hydroxylation is 1. The molecule has 3 aromatic carbocycles. The Labute approximate surface area is 229 Å². The first-order chi connectivity index (χ1) is 18.9. The summed E-state index contributed by atoms with van der Waals surface area (Å²) in [6.07, 6.45) is 1.43. The molecule has 1 atom stereocenters. The lowest BCUT2D eigenvalue weighted by Crippen LogP contribution is -2.26. The summed E-state index contributed by atoms with van der Waals surface area (Å²) in [4.78, 5) is 22.8. The monoisotopic (exact) mass is 536 g/mol. The van der Waals surface area contributed by atoms with Gasteiger partial charge in [-0.15, -0.1) is 0 Å². The van der Waals surface area contributed by atoms with Crippen molar-refractivity contribution in [2.75, 3.05) is 12.8 Å². The number of pyridine rings is 1. The molecule has 0 saturated carbocycles. The molecule has 0 amide bonds. The van der Waals surface area contributed by atoms with Crippen LogP contribution in [0, 0.1) is 6.92 Å². The highest BCUT2D eigenvalue weighted by Crippen LogP contribution is 2.35. The number of aromatic nitrogens is 5. The van der Waals surface area contributed by atoms with Crippen LogP contribution in [-0.2, 0) is 0 Å². The van der Waals surface area contributed by atoms with E-state index in [0.717, 1.165) is 33.6 Å². The molecular weight excluding hydrogens is 512 g/mol. The van der Waals surface area contributed by atoms with Crippen molar-refractivity contribution in [3.63, 3.8) is 0 Å². The van der Waals surface area contributed by atoms with Crippen LogP contribution in [-0.4, -0.2) is 31.4 Å². The molecule has 0 radical (unpaired) electrons. The van der Waals surface area contributed by atoms with E-state index >= 15 is 0 Å². The van der Waals surface area contributed by atoms with Gasteiger partial charge < -0.3 is 10.5 Å². The molecule has 0 fully saturated rings. The fraction of sp³-hybridized carbons (Fsp3) is 0.133. The van der Waals surface area contributed by atoms with Gasteiger partial charge in [-0.1, -0.05) is 41.9 Å². The molecule has 3 aromatic heterocycles. The van der Waals surface area contributed by atoms with Crippen molar-refractivity contribution in [2.45, 2.75) is 19.9 Å². The molecule has 39 heavy (non-hydrogen) atoms. The van der Waals surface area contributed by atoms with Crippen molar-refractivity contribution < 1.29 is 4.74 Å². The van der Waals surface area contributed by atoms with Gasteiger partial charge in [0.2, 0.25) is 0 Å². The maximum absolute atomic E-state index is 13.9. The average Bonchev–Trinajstić information content (AvgIpc) is 3.34. The first-order valence-corrected chi connectivity index (χ1v) is 12.8. The maximum atomic E-state index is 13.9. The highest BCUT2D eigenvalue weighted by molar-refractivity contribution is 6.35. The van der Waals surface area contributed by atoms with Crippen molar-refractivity contribution in [1.29, 1.82) is 0 Å². The lowest BCUT2D eigenvalue weighted by atomic mass is 10.1. The Morgan fingerprint density at radius 2 is 1.77 bits per heavy atom. The number of anilines is 1. The highest BCUT2D eigenvalue weighted by atomic mass is 35.5. The third kappa shape index (κ3) is 4.00. The number of ether oxygens (including phenoxy) is 1. The topological polar surface area (TPSA) is 101 Å². The fourth-order valence-corrected chi connectivity index (χ4v) is 5.37. The van der Waals surface area contributed by atoms with E-state index in [9.17, 15) is 4.79 Å². The molecule has 0 aliphatic carbocycles. The van der Waals surface area contributed by atoms with E-state index in [1.54, 1.807) is 22.4 Å². The van der Waals surface area contributed by atoms with Gasteiger partial charge in [0.15, 0.2) is 5.65 Å². The molecule has 0 bridgehead atoms. The summed E-state index contributed by atoms with van der Waals surface area (Å²) in [5.74, 6) is 1.11. The summed E-state index contributed by atoms with van der Waals surface area (Å²) in [6.45, 7) is 3.96. The summed E-state index contributed by atoms with van der Waals surface area (Å²) in [7, 11) is 1.64. The van der Waals surface area contributed by atoms with Crippen molar-refractivity contribution in [3.05, 3.63) is 106 Å². The minimum absolute atomic E-state index is 0.206. The van der Waals surface area contributed by atoms with E-state index < -0.39 is 6.04 Å². The first kappa shape index (κ1) is 24.6. The van der Waals surface area contributed by atoms with Crippen LogP contribution in [0.2, 0.25) is 5.02 Å². The number of halogens is 1. The Morgan fingerprint density at radius 3 is 2.51 bits per heavy atom. The third-order valence-corrected chi connectivity index (χ3v) is 7.34. The molecule has 2 N–H and O–H groups in total. The molecule has 0 unspecified atom stereocenters. The molecule has 9 heteroatoms. The molecule has 6 rings (SSSR count). The normalized spacial score (nSPS) is 12.2. The number of nitrogens with two attached hydrogens (primary N) is 1. The number of para-hydroxylation sites is 1. The van der Waals surface area contributed by atoms with Crippen molar-refractivity contribution in [1.82, 2.24) is 24.3 Å². The van der Waals surface area contributed by atoms with E-state index in [-0.39, 0.29) is 5.56 Å². The number of nitrogens with zero attached hydrogens (tertiary/aromatic N) is 5. The van der Waals surface area contributed by atoms with Gasteiger partial charge in [0.1, 0.15) is 23.6 Å². The van der Waals surface area contributed by atoms with Gasteiger partial charge in [0.05, 0.1) is 34.6 Å². The molecule has 6 aromatic rings. The number of hydrogen-bond donors (Lipinski definition) is 1. The van der Waals surface area contributed by atoms with Gasteiger partial charge in [0.25, 0.3) is 5.56 Å². The lowest BCUT2D eigenvalue weighted by Gasteiger charge is -2.21. The van der Waals surface area contributed by atoms with Crippen LogP contribution in [0.15, 0.2) is 83.9 Å². The van der Waals surface area contributed by atoms with Crippen LogP contribution in [0.4, 0.5) is 5.82 Å². The molecular formula is C30H25ClN6O2. The summed E-state index contributed by atoms with van der Waals surface area (Å²) in [6, 6.07) is 22.4. The molecule has 194 valence electrons. The van der Waals surface area contributed by atoms with Crippen LogP contribution in [0.1, 0.15) is 24.2 Å². The van der Waals surface area contributed by atoms with E-state index in [0.29, 0.717) is 33.0 Å². The predicted octanol–water partition coefficient (Wildman–Crippen LogP) is 5.96. The number of fused-ring (bicyclic) bond motifs is 2. The summed E-state index contributed by atoms with van der Waals surface area (Å²) < 4.78 is 8.93. The summed E-state index contributed by atoms with van der Waals surface area (Å²) in [5, 5.41) is 7.27. The zero-order chi connectivity index (χ0) is 27.3. The zero-order valence-corrected chi connectivity index (χ0v) is 22.3. The summed E-state index contributed by atoms with van der Waals surface area (Å²) >= 11 is 6.50. The van der Waals surface area contributed by atoms with E-state index in [1.807, 2.05) is 80.6 Å². The molecule has 0 spiro atoms. The van der Waals surface area contributed by atoms with Crippen LogP contribution in [0.25, 0.3) is 38.8 Å². The smallest absolute Gasteiger partial charge is 0.264 e. The Bertz CT molecular complexity index is 1930. The van der Waals surface area contributed by atoms with Gasteiger partial charge in [-0.3, -0.25) is 9.36 Å². The van der Waals surface area contributed by atoms with Crippen LogP contribution in [0.5, 0.6) is 5.75 Å². The highest BCUT2D eigenvalue weighted by Gasteiger charge is 2.25. The lowest BCUT2D eigenvalue weighted by molar-refractivity contribution is 0.412. The minimum Gasteiger partial charge on any atom is -0.496 e. The van der Waals surface area contributed by atoms with E-state index in [4.69, 9.17) is 27.2 Å². The zero-order valence-electron chi connectivity index (χ0n) is 21.6. The molecule has 0 aliphatic heterocycles. The quantitative estimate of drug-likeness (QED) is 0.292. The van der Waals surface area contributed by atoms with E-state index in [1.165, 1.54) is 6.33 Å². The number of benzene rings is 3. The second-order valence-electron chi connectivity index (χ2n) is 9.36. The Morgan fingerprint density at radius 1 is 0.974 bits per heavy atom. The number of hydrogen-bond acceptors (Lipinski definition) is 6. The van der Waals surface area contributed by atoms with Gasteiger partial charge in [0, 0.05) is 11.3 Å². The van der Waals surface area contributed by atoms with Gasteiger partial charge in [-0.25, -0.2) is 14.6 Å². The van der Waals surface area contributed by atoms with Crippen LogP contribution in [0.3, 0.4) is 0 Å². The predicted molar refractivity (Wildman–Crippen MR) is 155 cm³/mol. The summed E-state index contributed by atoms with van der Waals surface area (Å²) in [5.41, 5.74) is 10.7. The van der Waals surface area contributed by atoms with E-state index in [2.05, 4.69) is 9.97 Å². The molecule has 8 nitrogen and oxygen atoms in total. The van der Waals surface area contributed by atoms with Gasteiger partial charge >= 0.3 is 0 Å². The minimum atomic E-state index is -0.411. The van der Waals surface area contributed by atoms with Gasteiger partial charge in [-0.2, -0.15) is 5.10 Å². The first-order valence-electron chi connectivity index (χ1n) is 12.4. The van der Waals surface area contributed by atoms with Crippen molar-refractivity contribution >= 4 is 39.2 Å². The Balaban J connectivity index is 1.63. The van der Waals surface area contributed by atoms with Crippen molar-refractivity contribution in [3.8, 4) is 22.7 Å². The molecule has 3 heterocycles. The standard InChI is InChI=1S/C30H25ClN6O2/c1-17-14-20(12-13-24(17)39-3)27-26-28(32)33-16-34-29(26)37(35-27)18(2)23-15-19-8-7-11-22(31)25(19)30(38)36(23)21-9-5-4-6-10-21/h4-16,18H,1-3H3,(H2,32,33,34)/t18-/m0/s1. The Kier molecular flexibility index (Phi) is 6.04. The van der Waals surface area contributed by atoms with Crippen molar-refractivity contribution in [2.24, 2.45) is 0 Å².